The smallest absolute Gasteiger partial charge is 0.355 e. The van der Waals surface area contributed by atoms with Crippen LogP contribution in [0, 0.1) is 0 Å². The maximum absolute atomic E-state index is 11.1. The normalized spacial score (nSPS) is 16.6. The number of hydrogen-bond acceptors (Lipinski definition) is 7. The lowest BCUT2D eigenvalue weighted by atomic mass is 10.1. The van der Waals surface area contributed by atoms with E-state index in [0.717, 1.165) is 54.8 Å². The summed E-state index contributed by atoms with van der Waals surface area (Å²) in [5.74, 6) is 0.601. The molecule has 1 saturated heterocycles. The summed E-state index contributed by atoms with van der Waals surface area (Å²) in [5.41, 5.74) is 1.27. The first-order chi connectivity index (χ1) is 13.7. The fourth-order valence-electron chi connectivity index (χ4n) is 3.65. The summed E-state index contributed by atoms with van der Waals surface area (Å²) in [5, 5.41) is 11.6. The maximum Gasteiger partial charge on any atom is 0.355 e. The third-order valence-electron chi connectivity index (χ3n) is 5.15. The van der Waals surface area contributed by atoms with Crippen LogP contribution in [0.15, 0.2) is 23.6 Å². The van der Waals surface area contributed by atoms with Gasteiger partial charge in [0.25, 0.3) is 0 Å². The van der Waals surface area contributed by atoms with Crippen LogP contribution in [0.3, 0.4) is 0 Å². The molecular formula is C20H25N3O4S. The number of benzene rings is 1. The van der Waals surface area contributed by atoms with Crippen molar-refractivity contribution in [1.82, 2.24) is 14.8 Å². The molecule has 2 aromatic rings. The van der Waals surface area contributed by atoms with E-state index in [9.17, 15) is 4.79 Å². The van der Waals surface area contributed by atoms with Crippen molar-refractivity contribution in [3.63, 3.8) is 0 Å². The molecule has 0 atom stereocenters. The summed E-state index contributed by atoms with van der Waals surface area (Å²) in [7, 11) is 0. The number of carboxylic acids is 1. The van der Waals surface area contributed by atoms with Gasteiger partial charge in [-0.2, -0.15) is 0 Å². The number of fused-ring (bicyclic) bond motifs is 1. The van der Waals surface area contributed by atoms with Crippen molar-refractivity contribution in [3.8, 4) is 11.5 Å². The van der Waals surface area contributed by atoms with Gasteiger partial charge in [-0.1, -0.05) is 12.5 Å². The molecule has 0 amide bonds. The summed E-state index contributed by atoms with van der Waals surface area (Å²) < 4.78 is 10.9. The van der Waals surface area contributed by atoms with E-state index in [-0.39, 0.29) is 12.5 Å². The lowest BCUT2D eigenvalue weighted by Crippen LogP contribution is -2.37. The topological polar surface area (TPSA) is 75.1 Å². The number of rotatable bonds is 8. The Morgan fingerprint density at radius 1 is 1.18 bits per heavy atom. The highest BCUT2D eigenvalue weighted by Crippen LogP contribution is 2.33. The van der Waals surface area contributed by atoms with Gasteiger partial charge in [0.2, 0.25) is 6.79 Å². The first-order valence-corrected chi connectivity index (χ1v) is 10.6. The van der Waals surface area contributed by atoms with Crippen LogP contribution in [0.2, 0.25) is 0 Å². The Balaban J connectivity index is 1.44. The van der Waals surface area contributed by atoms with Gasteiger partial charge >= 0.3 is 5.97 Å². The average molecular weight is 404 g/mol. The molecule has 2 aliphatic rings. The molecular weight excluding hydrogens is 378 g/mol. The highest BCUT2D eigenvalue weighted by Gasteiger charge is 2.18. The number of nitrogens with zero attached hydrogens (tertiary/aromatic N) is 3. The van der Waals surface area contributed by atoms with Crippen LogP contribution in [0.1, 0.15) is 40.3 Å². The van der Waals surface area contributed by atoms with E-state index in [4.69, 9.17) is 14.6 Å². The average Bonchev–Trinajstić information content (AvgIpc) is 3.36. The number of carbonyl (C=O) groups is 1. The summed E-state index contributed by atoms with van der Waals surface area (Å²) in [6, 6.07) is 6.04. The van der Waals surface area contributed by atoms with Crippen LogP contribution in [0.25, 0.3) is 0 Å². The van der Waals surface area contributed by atoms with Crippen LogP contribution < -0.4 is 9.47 Å². The first-order valence-electron chi connectivity index (χ1n) is 9.68. The predicted molar refractivity (Wildman–Crippen MR) is 106 cm³/mol. The lowest BCUT2D eigenvalue weighted by molar-refractivity contribution is 0.0691. The van der Waals surface area contributed by atoms with Crippen molar-refractivity contribution in [1.29, 1.82) is 0 Å². The summed E-state index contributed by atoms with van der Waals surface area (Å²) in [6.07, 6.45) is 3.88. The number of thiazole rings is 1. The molecule has 0 aliphatic carbocycles. The Labute approximate surface area is 168 Å². The Hall–Kier alpha value is -2.16. The van der Waals surface area contributed by atoms with Gasteiger partial charge < -0.3 is 19.5 Å². The second kappa shape index (κ2) is 8.89. The Kier molecular flexibility index (Phi) is 6.09. The lowest BCUT2D eigenvalue weighted by Gasteiger charge is -2.29. The highest BCUT2D eigenvalue weighted by atomic mass is 32.1. The Morgan fingerprint density at radius 2 is 2.00 bits per heavy atom. The quantitative estimate of drug-likeness (QED) is 0.726. The van der Waals surface area contributed by atoms with Crippen molar-refractivity contribution < 1.29 is 19.4 Å². The van der Waals surface area contributed by atoms with E-state index >= 15 is 0 Å². The Morgan fingerprint density at radius 3 is 2.79 bits per heavy atom. The van der Waals surface area contributed by atoms with Crippen LogP contribution in [-0.2, 0) is 13.1 Å². The highest BCUT2D eigenvalue weighted by molar-refractivity contribution is 7.09. The van der Waals surface area contributed by atoms with Gasteiger partial charge in [0.05, 0.1) is 6.54 Å². The number of carboxylic acid groups (broad SMARTS) is 1. The van der Waals surface area contributed by atoms with E-state index in [2.05, 4.69) is 20.9 Å². The summed E-state index contributed by atoms with van der Waals surface area (Å²) >= 11 is 1.41. The second-order valence-electron chi connectivity index (χ2n) is 7.23. The molecule has 1 N–H and O–H groups in total. The van der Waals surface area contributed by atoms with Gasteiger partial charge in [0.1, 0.15) is 5.01 Å². The van der Waals surface area contributed by atoms with E-state index in [1.54, 1.807) is 5.38 Å². The largest absolute Gasteiger partial charge is 0.476 e. The van der Waals surface area contributed by atoms with Gasteiger partial charge in [-0.3, -0.25) is 4.90 Å². The van der Waals surface area contributed by atoms with Gasteiger partial charge in [0.15, 0.2) is 17.2 Å². The predicted octanol–water partition coefficient (Wildman–Crippen LogP) is 3.06. The molecule has 0 unspecified atom stereocenters. The minimum absolute atomic E-state index is 0.124. The molecule has 1 fully saturated rings. The van der Waals surface area contributed by atoms with Crippen molar-refractivity contribution in [3.05, 3.63) is 39.8 Å². The van der Waals surface area contributed by atoms with Crippen molar-refractivity contribution in [2.45, 2.75) is 32.4 Å². The van der Waals surface area contributed by atoms with Gasteiger partial charge in [-0.05, 0) is 43.6 Å². The Bertz CT molecular complexity index is 820. The molecule has 1 aromatic heterocycles. The number of hydrogen-bond donors (Lipinski definition) is 1. The molecule has 150 valence electrons. The maximum atomic E-state index is 11.1. The molecule has 1 aromatic carbocycles. The molecule has 28 heavy (non-hydrogen) atoms. The number of ether oxygens (including phenoxy) is 2. The van der Waals surface area contributed by atoms with E-state index < -0.39 is 5.97 Å². The van der Waals surface area contributed by atoms with E-state index in [1.165, 1.54) is 30.6 Å². The van der Waals surface area contributed by atoms with Crippen LogP contribution in [0.4, 0.5) is 0 Å². The van der Waals surface area contributed by atoms with Gasteiger partial charge in [-0.15, -0.1) is 11.3 Å². The van der Waals surface area contributed by atoms with E-state index in [1.807, 2.05) is 12.1 Å². The number of aromatic nitrogens is 1. The number of piperidine rings is 1. The van der Waals surface area contributed by atoms with Crippen LogP contribution in [0.5, 0.6) is 11.5 Å². The molecule has 0 bridgehead atoms. The molecule has 3 heterocycles. The third kappa shape index (κ3) is 4.81. The first kappa shape index (κ1) is 19.2. The minimum Gasteiger partial charge on any atom is -0.476 e. The third-order valence-corrected chi connectivity index (χ3v) is 5.99. The van der Waals surface area contributed by atoms with E-state index in [0.29, 0.717) is 6.54 Å². The van der Waals surface area contributed by atoms with Crippen molar-refractivity contribution in [2.24, 2.45) is 0 Å². The fourth-order valence-corrected chi connectivity index (χ4v) is 4.46. The SMILES string of the molecule is O=C(O)c1csc(CN(CCN2CCCCC2)Cc2ccc3c(c2)OCO3)n1. The van der Waals surface area contributed by atoms with Gasteiger partial charge in [-0.25, -0.2) is 9.78 Å². The summed E-state index contributed by atoms with van der Waals surface area (Å²) in [6.45, 7) is 5.93. The minimum atomic E-state index is -0.974. The van der Waals surface area contributed by atoms with Crippen LogP contribution in [-0.4, -0.2) is 58.8 Å². The monoisotopic (exact) mass is 403 g/mol. The number of aromatic carboxylic acids is 1. The van der Waals surface area contributed by atoms with Crippen molar-refractivity contribution >= 4 is 17.3 Å². The molecule has 4 rings (SSSR count). The van der Waals surface area contributed by atoms with Gasteiger partial charge in [0, 0.05) is 25.0 Å². The zero-order valence-electron chi connectivity index (χ0n) is 15.8. The summed E-state index contributed by atoms with van der Waals surface area (Å²) in [4.78, 5) is 20.2. The van der Waals surface area contributed by atoms with Crippen LogP contribution >= 0.6 is 11.3 Å². The fraction of sp³-hybridized carbons (Fsp3) is 0.500. The van der Waals surface area contributed by atoms with Crippen molar-refractivity contribution in [2.75, 3.05) is 33.0 Å². The molecule has 0 spiro atoms. The molecule has 2 aliphatic heterocycles. The molecule has 8 heteroatoms. The molecule has 0 saturated carbocycles. The molecule has 0 radical (unpaired) electrons. The zero-order chi connectivity index (χ0) is 19.3. The second-order valence-corrected chi connectivity index (χ2v) is 8.17. The molecule has 7 nitrogen and oxygen atoms in total. The number of likely N-dealkylation sites (tertiary alicyclic amines) is 1. The standard InChI is InChI=1S/C20H25N3O4S/c24-20(25)16-13-28-19(21-16)12-23(9-8-22-6-2-1-3-7-22)11-15-4-5-17-18(10-15)27-14-26-17/h4-5,10,13H,1-3,6-9,11-12,14H2,(H,24,25). The zero-order valence-corrected chi connectivity index (χ0v) is 16.6.